The fourth-order valence-electron chi connectivity index (χ4n) is 1.79. The zero-order valence-electron chi connectivity index (χ0n) is 13.1. The van der Waals surface area contributed by atoms with Gasteiger partial charge >= 0.3 is 11.9 Å². The van der Waals surface area contributed by atoms with Crippen LogP contribution in [0.4, 0.5) is 0 Å². The number of ether oxygens (including phenoxy) is 2. The molecule has 1 aromatic rings. The van der Waals surface area contributed by atoms with Gasteiger partial charge in [0.1, 0.15) is 0 Å². The molecule has 22 heavy (non-hydrogen) atoms. The molecule has 120 valence electrons. The van der Waals surface area contributed by atoms with Crippen molar-refractivity contribution in [3.8, 4) is 11.5 Å². The molecule has 0 saturated carbocycles. The van der Waals surface area contributed by atoms with Gasteiger partial charge in [0, 0.05) is 20.4 Å². The largest absolute Gasteiger partial charge is 0.423 e. The third-order valence-corrected chi connectivity index (χ3v) is 2.73. The van der Waals surface area contributed by atoms with E-state index in [2.05, 4.69) is 5.32 Å². The van der Waals surface area contributed by atoms with E-state index in [1.165, 1.54) is 26.0 Å². The van der Waals surface area contributed by atoms with E-state index in [4.69, 9.17) is 9.47 Å². The van der Waals surface area contributed by atoms with Gasteiger partial charge in [0.2, 0.25) is 5.91 Å². The molecule has 0 aliphatic heterocycles. The summed E-state index contributed by atoms with van der Waals surface area (Å²) in [5, 5.41) is 2.81. The lowest BCUT2D eigenvalue weighted by Gasteiger charge is -2.10. The lowest BCUT2D eigenvalue weighted by atomic mass is 10.1. The van der Waals surface area contributed by atoms with Crippen LogP contribution in [-0.4, -0.2) is 24.4 Å². The van der Waals surface area contributed by atoms with E-state index in [1.54, 1.807) is 6.07 Å². The van der Waals surface area contributed by atoms with Gasteiger partial charge < -0.3 is 14.8 Å². The molecular weight excluding hydrogens is 286 g/mol. The van der Waals surface area contributed by atoms with Crippen LogP contribution in [0.2, 0.25) is 0 Å². The molecule has 0 heterocycles. The Hall–Kier alpha value is -2.37. The Morgan fingerprint density at radius 1 is 1.05 bits per heavy atom. The van der Waals surface area contributed by atoms with Crippen LogP contribution in [0.15, 0.2) is 18.2 Å². The molecule has 0 aliphatic carbocycles. The number of carbonyl (C=O) groups is 3. The van der Waals surface area contributed by atoms with Crippen molar-refractivity contribution in [3.63, 3.8) is 0 Å². The molecule has 6 heteroatoms. The van der Waals surface area contributed by atoms with Crippen molar-refractivity contribution in [1.82, 2.24) is 5.32 Å². The Balaban J connectivity index is 2.81. The van der Waals surface area contributed by atoms with Crippen LogP contribution in [0, 0.1) is 0 Å². The lowest BCUT2D eigenvalue weighted by Crippen LogP contribution is -2.26. The van der Waals surface area contributed by atoms with Gasteiger partial charge in [-0.15, -0.1) is 0 Å². The van der Waals surface area contributed by atoms with Crippen molar-refractivity contribution in [2.24, 2.45) is 0 Å². The van der Waals surface area contributed by atoms with Crippen molar-refractivity contribution in [2.45, 2.75) is 40.0 Å². The summed E-state index contributed by atoms with van der Waals surface area (Å²) in [4.78, 5) is 33.9. The van der Waals surface area contributed by atoms with Gasteiger partial charge in [0.25, 0.3) is 0 Å². The van der Waals surface area contributed by atoms with E-state index in [1.807, 2.05) is 6.92 Å². The number of rotatable bonds is 7. The van der Waals surface area contributed by atoms with Crippen molar-refractivity contribution in [3.05, 3.63) is 23.8 Å². The molecule has 1 N–H and O–H groups in total. The average molecular weight is 307 g/mol. The van der Waals surface area contributed by atoms with Gasteiger partial charge in [-0.3, -0.25) is 14.4 Å². The van der Waals surface area contributed by atoms with Crippen LogP contribution in [0.25, 0.3) is 0 Å². The summed E-state index contributed by atoms with van der Waals surface area (Å²) in [5.74, 6) is -0.877. The van der Waals surface area contributed by atoms with Gasteiger partial charge in [-0.1, -0.05) is 19.4 Å². The first kappa shape index (κ1) is 17.7. The number of nitrogens with one attached hydrogen (secondary N) is 1. The van der Waals surface area contributed by atoms with Crippen molar-refractivity contribution in [1.29, 1.82) is 0 Å². The number of hydrogen-bond acceptors (Lipinski definition) is 5. The Morgan fingerprint density at radius 3 is 2.27 bits per heavy atom. The summed E-state index contributed by atoms with van der Waals surface area (Å²) in [6, 6.07) is 4.69. The number of amides is 1. The summed E-state index contributed by atoms with van der Waals surface area (Å²) in [6.45, 7) is 5.19. The van der Waals surface area contributed by atoms with Crippen LogP contribution in [-0.2, 0) is 20.8 Å². The van der Waals surface area contributed by atoms with E-state index >= 15 is 0 Å². The van der Waals surface area contributed by atoms with Crippen molar-refractivity contribution < 1.29 is 23.9 Å². The van der Waals surface area contributed by atoms with Crippen LogP contribution in [0.5, 0.6) is 11.5 Å². The highest BCUT2D eigenvalue weighted by Gasteiger charge is 2.12. The zero-order chi connectivity index (χ0) is 16.5. The second-order valence-corrected chi connectivity index (χ2v) is 4.85. The highest BCUT2D eigenvalue weighted by molar-refractivity contribution is 5.79. The SMILES string of the molecule is CCCCNC(=O)Cc1ccc(OC(C)=O)c(OC(C)=O)c1. The fourth-order valence-corrected chi connectivity index (χ4v) is 1.79. The van der Waals surface area contributed by atoms with E-state index in [9.17, 15) is 14.4 Å². The monoisotopic (exact) mass is 307 g/mol. The summed E-state index contributed by atoms with van der Waals surface area (Å²) in [5.41, 5.74) is 0.668. The quantitative estimate of drug-likeness (QED) is 0.473. The van der Waals surface area contributed by atoms with Crippen molar-refractivity contribution in [2.75, 3.05) is 6.54 Å². The van der Waals surface area contributed by atoms with Crippen molar-refractivity contribution >= 4 is 17.8 Å². The predicted octanol–water partition coefficient (Wildman–Crippen LogP) is 2.00. The van der Waals surface area contributed by atoms with Gasteiger partial charge in [-0.05, 0) is 24.1 Å². The smallest absolute Gasteiger partial charge is 0.308 e. The van der Waals surface area contributed by atoms with E-state index in [-0.39, 0.29) is 23.8 Å². The Labute approximate surface area is 129 Å². The first-order chi connectivity index (χ1) is 10.4. The molecule has 0 aliphatic rings. The van der Waals surface area contributed by atoms with Gasteiger partial charge in [0.05, 0.1) is 6.42 Å². The fraction of sp³-hybridized carbons (Fsp3) is 0.438. The molecular formula is C16H21NO5. The molecule has 6 nitrogen and oxygen atoms in total. The van der Waals surface area contributed by atoms with Gasteiger partial charge in [-0.2, -0.15) is 0 Å². The van der Waals surface area contributed by atoms with Crippen LogP contribution < -0.4 is 14.8 Å². The average Bonchev–Trinajstić information content (AvgIpc) is 2.41. The standard InChI is InChI=1S/C16H21NO5/c1-4-5-8-17-16(20)10-13-6-7-14(21-11(2)18)15(9-13)22-12(3)19/h6-7,9H,4-5,8,10H2,1-3H3,(H,17,20). The number of benzene rings is 1. The lowest BCUT2D eigenvalue weighted by molar-refractivity contribution is -0.134. The molecule has 0 saturated heterocycles. The maximum absolute atomic E-state index is 11.8. The van der Waals surface area contributed by atoms with Crippen LogP contribution in [0.1, 0.15) is 39.2 Å². The second kappa shape index (κ2) is 8.81. The molecule has 0 fully saturated rings. The molecule has 0 spiro atoms. The highest BCUT2D eigenvalue weighted by Crippen LogP contribution is 2.29. The summed E-state index contributed by atoms with van der Waals surface area (Å²) >= 11 is 0. The summed E-state index contributed by atoms with van der Waals surface area (Å²) in [7, 11) is 0. The van der Waals surface area contributed by atoms with Crippen LogP contribution >= 0.6 is 0 Å². The molecule has 0 aromatic heterocycles. The molecule has 1 rings (SSSR count). The minimum atomic E-state index is -0.530. The molecule has 0 unspecified atom stereocenters. The molecule has 0 atom stereocenters. The second-order valence-electron chi connectivity index (χ2n) is 4.85. The first-order valence-electron chi connectivity index (χ1n) is 7.18. The van der Waals surface area contributed by atoms with E-state index in [0.29, 0.717) is 12.1 Å². The normalized spacial score (nSPS) is 9.95. The summed E-state index contributed by atoms with van der Waals surface area (Å²) < 4.78 is 9.99. The maximum Gasteiger partial charge on any atom is 0.308 e. The Kier molecular flexibility index (Phi) is 7.08. The predicted molar refractivity (Wildman–Crippen MR) is 80.7 cm³/mol. The van der Waals surface area contributed by atoms with Gasteiger partial charge in [-0.25, -0.2) is 0 Å². The number of carbonyl (C=O) groups excluding carboxylic acids is 3. The van der Waals surface area contributed by atoms with Gasteiger partial charge in [0.15, 0.2) is 11.5 Å². The molecule has 1 amide bonds. The topological polar surface area (TPSA) is 81.7 Å². The molecule has 1 aromatic carbocycles. The first-order valence-corrected chi connectivity index (χ1v) is 7.18. The van der Waals surface area contributed by atoms with Crippen LogP contribution in [0.3, 0.4) is 0 Å². The number of unbranched alkanes of at least 4 members (excludes halogenated alkanes) is 1. The number of esters is 2. The van der Waals surface area contributed by atoms with E-state index < -0.39 is 11.9 Å². The zero-order valence-corrected chi connectivity index (χ0v) is 13.1. The summed E-state index contributed by atoms with van der Waals surface area (Å²) in [6.07, 6.45) is 2.10. The number of hydrogen-bond donors (Lipinski definition) is 1. The minimum Gasteiger partial charge on any atom is -0.423 e. The Morgan fingerprint density at radius 2 is 1.68 bits per heavy atom. The van der Waals surface area contributed by atoms with E-state index in [0.717, 1.165) is 12.8 Å². The Bertz CT molecular complexity index is 553. The third-order valence-electron chi connectivity index (χ3n) is 2.73. The third kappa shape index (κ3) is 6.39. The highest BCUT2D eigenvalue weighted by atomic mass is 16.6. The maximum atomic E-state index is 11.8. The minimum absolute atomic E-state index is 0.109. The molecule has 0 bridgehead atoms. The molecule has 0 radical (unpaired) electrons.